The van der Waals surface area contributed by atoms with Crippen LogP contribution in [-0.2, 0) is 4.74 Å². The van der Waals surface area contributed by atoms with Gasteiger partial charge in [0.15, 0.2) is 0 Å². The molecule has 0 amide bonds. The Hall–Kier alpha value is -0.120. The first-order valence-electron chi connectivity index (χ1n) is 6.23. The van der Waals surface area contributed by atoms with Gasteiger partial charge in [-0.1, -0.05) is 0 Å². The Labute approximate surface area is 93.2 Å². The number of ether oxygens (including phenoxy) is 1. The molecule has 1 aliphatic carbocycles. The van der Waals surface area contributed by atoms with Gasteiger partial charge in [-0.15, -0.1) is 0 Å². The first-order chi connectivity index (χ1) is 7.29. The summed E-state index contributed by atoms with van der Waals surface area (Å²) in [5.74, 6) is 1.67. The minimum atomic E-state index is 0.653. The summed E-state index contributed by atoms with van der Waals surface area (Å²) in [5.41, 5.74) is 0. The second kappa shape index (κ2) is 5.28. The van der Waals surface area contributed by atoms with Crippen LogP contribution in [0.3, 0.4) is 0 Å². The summed E-state index contributed by atoms with van der Waals surface area (Å²) in [4.78, 5) is 2.49. The number of nitrogens with one attached hydrogen (secondary N) is 1. The van der Waals surface area contributed by atoms with Crippen LogP contribution in [0.2, 0.25) is 0 Å². The van der Waals surface area contributed by atoms with Gasteiger partial charge in [0.2, 0.25) is 0 Å². The number of hydrogen-bond donors (Lipinski definition) is 1. The van der Waals surface area contributed by atoms with E-state index in [-0.39, 0.29) is 0 Å². The standard InChI is InChI=1S/C12H24N2O/c1-13-12-5-6-15-9-11(12)8-14(2)7-10-3-4-10/h10-13H,3-9H2,1-2H3. The largest absolute Gasteiger partial charge is 0.381 e. The summed E-state index contributed by atoms with van der Waals surface area (Å²) in [6, 6.07) is 0.653. The summed E-state index contributed by atoms with van der Waals surface area (Å²) in [6.45, 7) is 4.32. The maximum Gasteiger partial charge on any atom is 0.0521 e. The highest BCUT2D eigenvalue weighted by Gasteiger charge is 2.28. The fraction of sp³-hybridized carbons (Fsp3) is 1.00. The first-order valence-corrected chi connectivity index (χ1v) is 6.23. The van der Waals surface area contributed by atoms with Gasteiger partial charge in [-0.2, -0.15) is 0 Å². The highest BCUT2D eigenvalue weighted by molar-refractivity contribution is 4.82. The zero-order chi connectivity index (χ0) is 10.7. The van der Waals surface area contributed by atoms with E-state index in [1.807, 2.05) is 0 Å². The van der Waals surface area contributed by atoms with E-state index in [1.54, 1.807) is 0 Å². The molecule has 0 aromatic rings. The highest BCUT2D eigenvalue weighted by atomic mass is 16.5. The molecule has 1 heterocycles. The van der Waals surface area contributed by atoms with Crippen LogP contribution in [0.4, 0.5) is 0 Å². The summed E-state index contributed by atoms with van der Waals surface area (Å²) in [7, 11) is 4.32. The molecule has 2 rings (SSSR count). The molecule has 1 saturated heterocycles. The van der Waals surface area contributed by atoms with Gasteiger partial charge in [0.1, 0.15) is 0 Å². The van der Waals surface area contributed by atoms with Crippen molar-refractivity contribution in [2.45, 2.75) is 25.3 Å². The molecule has 15 heavy (non-hydrogen) atoms. The van der Waals surface area contributed by atoms with Crippen LogP contribution in [0, 0.1) is 11.8 Å². The fourth-order valence-electron chi connectivity index (χ4n) is 2.57. The van der Waals surface area contributed by atoms with Crippen molar-refractivity contribution in [2.24, 2.45) is 11.8 Å². The first kappa shape index (κ1) is 11.4. The van der Waals surface area contributed by atoms with Crippen molar-refractivity contribution >= 4 is 0 Å². The second-order valence-corrected chi connectivity index (χ2v) is 5.18. The van der Waals surface area contributed by atoms with Crippen molar-refractivity contribution in [3.05, 3.63) is 0 Å². The normalized spacial score (nSPS) is 32.2. The molecule has 2 fully saturated rings. The van der Waals surface area contributed by atoms with Crippen molar-refractivity contribution in [3.8, 4) is 0 Å². The summed E-state index contributed by atoms with van der Waals surface area (Å²) in [6.07, 6.45) is 4.06. The van der Waals surface area contributed by atoms with Crippen LogP contribution < -0.4 is 5.32 Å². The van der Waals surface area contributed by atoms with Crippen molar-refractivity contribution in [1.29, 1.82) is 0 Å². The Bertz CT molecular complexity index is 194. The topological polar surface area (TPSA) is 24.5 Å². The van der Waals surface area contributed by atoms with Crippen LogP contribution in [0.5, 0.6) is 0 Å². The molecule has 1 aliphatic heterocycles. The number of nitrogens with zero attached hydrogens (tertiary/aromatic N) is 1. The van der Waals surface area contributed by atoms with E-state index in [2.05, 4.69) is 24.3 Å². The third-order valence-electron chi connectivity index (χ3n) is 3.66. The molecular weight excluding hydrogens is 188 g/mol. The monoisotopic (exact) mass is 212 g/mol. The minimum Gasteiger partial charge on any atom is -0.381 e. The van der Waals surface area contributed by atoms with Gasteiger partial charge in [-0.3, -0.25) is 0 Å². The van der Waals surface area contributed by atoms with Gasteiger partial charge in [0, 0.05) is 31.7 Å². The maximum atomic E-state index is 5.57. The van der Waals surface area contributed by atoms with Gasteiger partial charge in [-0.05, 0) is 39.3 Å². The molecule has 0 aromatic carbocycles. The van der Waals surface area contributed by atoms with E-state index < -0.39 is 0 Å². The number of hydrogen-bond acceptors (Lipinski definition) is 3. The average molecular weight is 212 g/mol. The van der Waals surface area contributed by atoms with Crippen molar-refractivity contribution in [3.63, 3.8) is 0 Å². The molecule has 2 atom stereocenters. The van der Waals surface area contributed by atoms with Gasteiger partial charge in [0.05, 0.1) is 6.61 Å². The predicted molar refractivity (Wildman–Crippen MR) is 62.0 cm³/mol. The van der Waals surface area contributed by atoms with Gasteiger partial charge >= 0.3 is 0 Å². The van der Waals surface area contributed by atoms with Crippen LogP contribution in [0.15, 0.2) is 0 Å². The minimum absolute atomic E-state index is 0.653. The van der Waals surface area contributed by atoms with Crippen molar-refractivity contribution in [1.82, 2.24) is 10.2 Å². The predicted octanol–water partition coefficient (Wildman–Crippen LogP) is 0.953. The third kappa shape index (κ3) is 3.44. The molecule has 1 saturated carbocycles. The summed E-state index contributed by atoms with van der Waals surface area (Å²) < 4.78 is 5.57. The van der Waals surface area contributed by atoms with E-state index in [1.165, 1.54) is 32.4 Å². The lowest BCUT2D eigenvalue weighted by Gasteiger charge is -2.34. The van der Waals surface area contributed by atoms with Crippen molar-refractivity contribution in [2.75, 3.05) is 40.4 Å². The molecule has 1 N–H and O–H groups in total. The summed E-state index contributed by atoms with van der Waals surface area (Å²) in [5, 5.41) is 3.42. The molecule has 2 aliphatic rings. The Balaban J connectivity index is 1.74. The molecular formula is C12H24N2O. The Morgan fingerprint density at radius 1 is 1.27 bits per heavy atom. The van der Waals surface area contributed by atoms with Gasteiger partial charge < -0.3 is 15.0 Å². The quantitative estimate of drug-likeness (QED) is 0.734. The van der Waals surface area contributed by atoms with E-state index in [9.17, 15) is 0 Å². The molecule has 0 spiro atoms. The Morgan fingerprint density at radius 2 is 2.07 bits per heavy atom. The van der Waals surface area contributed by atoms with Crippen LogP contribution >= 0.6 is 0 Å². The zero-order valence-electron chi connectivity index (χ0n) is 10.0. The Morgan fingerprint density at radius 3 is 2.73 bits per heavy atom. The molecule has 0 radical (unpaired) electrons. The van der Waals surface area contributed by atoms with Crippen LogP contribution in [-0.4, -0.2) is 51.3 Å². The Kier molecular flexibility index (Phi) is 4.00. The SMILES string of the molecule is CNC1CCOCC1CN(C)CC1CC1. The third-order valence-corrected chi connectivity index (χ3v) is 3.66. The number of rotatable bonds is 5. The van der Waals surface area contributed by atoms with Crippen LogP contribution in [0.1, 0.15) is 19.3 Å². The lowest BCUT2D eigenvalue weighted by atomic mass is 9.95. The van der Waals surface area contributed by atoms with Gasteiger partial charge in [-0.25, -0.2) is 0 Å². The van der Waals surface area contributed by atoms with E-state index in [4.69, 9.17) is 4.74 Å². The molecule has 3 heteroatoms. The average Bonchev–Trinajstić information content (AvgIpc) is 3.02. The highest BCUT2D eigenvalue weighted by Crippen LogP contribution is 2.29. The second-order valence-electron chi connectivity index (χ2n) is 5.18. The van der Waals surface area contributed by atoms with E-state index in [0.717, 1.165) is 19.1 Å². The van der Waals surface area contributed by atoms with Gasteiger partial charge in [0.25, 0.3) is 0 Å². The summed E-state index contributed by atoms with van der Waals surface area (Å²) >= 11 is 0. The molecule has 0 bridgehead atoms. The van der Waals surface area contributed by atoms with Crippen LogP contribution in [0.25, 0.3) is 0 Å². The lowest BCUT2D eigenvalue weighted by Crippen LogP contribution is -2.46. The smallest absolute Gasteiger partial charge is 0.0521 e. The van der Waals surface area contributed by atoms with E-state index in [0.29, 0.717) is 12.0 Å². The molecule has 2 unspecified atom stereocenters. The molecule has 88 valence electrons. The molecule has 3 nitrogen and oxygen atoms in total. The maximum absolute atomic E-state index is 5.57. The fourth-order valence-corrected chi connectivity index (χ4v) is 2.57. The van der Waals surface area contributed by atoms with Crippen molar-refractivity contribution < 1.29 is 4.74 Å². The molecule has 0 aromatic heterocycles. The lowest BCUT2D eigenvalue weighted by molar-refractivity contribution is 0.0212. The zero-order valence-corrected chi connectivity index (χ0v) is 10.0. The van der Waals surface area contributed by atoms with E-state index >= 15 is 0 Å².